The fraction of sp³-hybridized carbons (Fsp3) is 0.667. The highest BCUT2D eigenvalue weighted by Gasteiger charge is 2.59. The Morgan fingerprint density at radius 1 is 1.38 bits per heavy atom. The van der Waals surface area contributed by atoms with Crippen molar-refractivity contribution in [2.24, 2.45) is 12.5 Å². The van der Waals surface area contributed by atoms with Gasteiger partial charge in [0.15, 0.2) is 0 Å². The first-order chi connectivity index (χ1) is 9.94. The molecule has 2 fully saturated rings. The standard InChI is InChI=1S/C15H22N4O2/c1-17(2)13(20)15(5-6-15)14(21)19-7-4-11(10-19)12-8-16-18(3)9-12/h8-9,11H,4-7,10H2,1-3H3. The quantitative estimate of drug-likeness (QED) is 0.766. The Hall–Kier alpha value is -1.85. The summed E-state index contributed by atoms with van der Waals surface area (Å²) < 4.78 is 1.79. The Morgan fingerprint density at radius 2 is 2.10 bits per heavy atom. The predicted octanol–water partition coefficient (Wildman–Crippen LogP) is 0.604. The number of likely N-dealkylation sites (tertiary alicyclic amines) is 1. The molecule has 1 saturated carbocycles. The van der Waals surface area contributed by atoms with E-state index in [1.54, 1.807) is 23.7 Å². The molecule has 1 aromatic heterocycles. The molecule has 2 amide bonds. The molecule has 1 saturated heterocycles. The van der Waals surface area contributed by atoms with E-state index >= 15 is 0 Å². The van der Waals surface area contributed by atoms with Crippen molar-refractivity contribution in [3.63, 3.8) is 0 Å². The summed E-state index contributed by atoms with van der Waals surface area (Å²) in [6.07, 6.45) is 6.21. The van der Waals surface area contributed by atoms with Crippen molar-refractivity contribution in [2.45, 2.75) is 25.2 Å². The van der Waals surface area contributed by atoms with Crippen molar-refractivity contribution in [3.8, 4) is 0 Å². The van der Waals surface area contributed by atoms with Gasteiger partial charge in [0.05, 0.1) is 6.20 Å². The third-order valence-corrected chi connectivity index (χ3v) is 4.65. The van der Waals surface area contributed by atoms with E-state index in [0.29, 0.717) is 25.3 Å². The Labute approximate surface area is 124 Å². The molecular weight excluding hydrogens is 268 g/mol. The fourth-order valence-corrected chi connectivity index (χ4v) is 3.24. The monoisotopic (exact) mass is 290 g/mol. The summed E-state index contributed by atoms with van der Waals surface area (Å²) in [5.41, 5.74) is 0.421. The van der Waals surface area contributed by atoms with Crippen LogP contribution in [0.1, 0.15) is 30.7 Å². The van der Waals surface area contributed by atoms with E-state index in [4.69, 9.17) is 0 Å². The Bertz CT molecular complexity index is 574. The molecule has 1 atom stereocenters. The van der Waals surface area contributed by atoms with Crippen molar-refractivity contribution >= 4 is 11.8 Å². The maximum absolute atomic E-state index is 12.7. The van der Waals surface area contributed by atoms with Gasteiger partial charge in [-0.3, -0.25) is 14.3 Å². The number of carbonyl (C=O) groups excluding carboxylic acids is 2. The molecule has 1 aliphatic heterocycles. The van der Waals surface area contributed by atoms with Crippen molar-refractivity contribution in [1.29, 1.82) is 0 Å². The van der Waals surface area contributed by atoms with Gasteiger partial charge in [-0.05, 0) is 24.8 Å². The summed E-state index contributed by atoms with van der Waals surface area (Å²) in [5, 5.41) is 4.20. The Kier molecular flexibility index (Phi) is 3.26. The molecule has 0 radical (unpaired) electrons. The van der Waals surface area contributed by atoms with E-state index in [1.807, 2.05) is 24.3 Å². The van der Waals surface area contributed by atoms with Crippen LogP contribution >= 0.6 is 0 Å². The highest BCUT2D eigenvalue weighted by Crippen LogP contribution is 2.49. The number of carbonyl (C=O) groups is 2. The van der Waals surface area contributed by atoms with Crippen LogP contribution in [0.3, 0.4) is 0 Å². The van der Waals surface area contributed by atoms with Gasteiger partial charge in [-0.1, -0.05) is 0 Å². The predicted molar refractivity (Wildman–Crippen MR) is 77.5 cm³/mol. The first-order valence-electron chi connectivity index (χ1n) is 7.44. The minimum atomic E-state index is -0.757. The molecule has 0 N–H and O–H groups in total. The summed E-state index contributed by atoms with van der Waals surface area (Å²) in [7, 11) is 5.34. The molecule has 114 valence electrons. The fourth-order valence-electron chi connectivity index (χ4n) is 3.24. The number of hydrogen-bond donors (Lipinski definition) is 0. The number of rotatable bonds is 3. The molecule has 1 aliphatic carbocycles. The second kappa shape index (κ2) is 4.86. The molecule has 0 bridgehead atoms. The van der Waals surface area contributed by atoms with E-state index in [9.17, 15) is 9.59 Å². The smallest absolute Gasteiger partial charge is 0.238 e. The summed E-state index contributed by atoms with van der Waals surface area (Å²) in [6.45, 7) is 1.44. The minimum absolute atomic E-state index is 0.0209. The number of aromatic nitrogens is 2. The lowest BCUT2D eigenvalue weighted by atomic mass is 10.0. The molecule has 3 rings (SSSR count). The summed E-state index contributed by atoms with van der Waals surface area (Å²) >= 11 is 0. The maximum atomic E-state index is 12.7. The third kappa shape index (κ3) is 2.32. The van der Waals surface area contributed by atoms with E-state index in [1.165, 1.54) is 5.56 Å². The van der Waals surface area contributed by atoms with Gasteiger partial charge in [0, 0.05) is 46.3 Å². The van der Waals surface area contributed by atoms with Gasteiger partial charge in [0.2, 0.25) is 11.8 Å². The zero-order valence-electron chi connectivity index (χ0n) is 12.9. The molecule has 1 aromatic rings. The van der Waals surface area contributed by atoms with Crippen LogP contribution in [0.2, 0.25) is 0 Å². The topological polar surface area (TPSA) is 58.4 Å². The van der Waals surface area contributed by atoms with E-state index in [0.717, 1.165) is 13.0 Å². The Morgan fingerprint density at radius 3 is 2.62 bits per heavy atom. The molecule has 0 spiro atoms. The van der Waals surface area contributed by atoms with Crippen molar-refractivity contribution < 1.29 is 9.59 Å². The van der Waals surface area contributed by atoms with Crippen molar-refractivity contribution in [3.05, 3.63) is 18.0 Å². The zero-order chi connectivity index (χ0) is 15.2. The second-order valence-electron chi connectivity index (χ2n) is 6.47. The average molecular weight is 290 g/mol. The maximum Gasteiger partial charge on any atom is 0.238 e. The average Bonchev–Trinajstić information content (AvgIpc) is 2.90. The van der Waals surface area contributed by atoms with E-state index in [-0.39, 0.29) is 11.8 Å². The van der Waals surface area contributed by atoms with Crippen molar-refractivity contribution in [1.82, 2.24) is 19.6 Å². The van der Waals surface area contributed by atoms with Crippen LogP contribution in [0.4, 0.5) is 0 Å². The molecule has 6 heteroatoms. The normalized spacial score (nSPS) is 23.2. The molecule has 2 aliphatic rings. The van der Waals surface area contributed by atoms with Crippen LogP contribution in [0.5, 0.6) is 0 Å². The first-order valence-corrected chi connectivity index (χ1v) is 7.44. The van der Waals surface area contributed by atoms with Crippen LogP contribution in [-0.4, -0.2) is 58.6 Å². The lowest BCUT2D eigenvalue weighted by molar-refractivity contribution is -0.147. The van der Waals surface area contributed by atoms with Gasteiger partial charge in [-0.15, -0.1) is 0 Å². The van der Waals surface area contributed by atoms with Crippen LogP contribution in [0.25, 0.3) is 0 Å². The largest absolute Gasteiger partial charge is 0.348 e. The molecule has 0 aromatic carbocycles. The lowest BCUT2D eigenvalue weighted by Gasteiger charge is -2.24. The molecule has 1 unspecified atom stereocenters. The van der Waals surface area contributed by atoms with Crippen molar-refractivity contribution in [2.75, 3.05) is 27.2 Å². The van der Waals surface area contributed by atoms with Crippen LogP contribution in [-0.2, 0) is 16.6 Å². The summed E-state index contributed by atoms with van der Waals surface area (Å²) in [4.78, 5) is 28.4. The first kappa shape index (κ1) is 14.1. The number of aryl methyl sites for hydroxylation is 1. The molecular formula is C15H22N4O2. The van der Waals surface area contributed by atoms with Gasteiger partial charge in [0.25, 0.3) is 0 Å². The lowest BCUT2D eigenvalue weighted by Crippen LogP contribution is -2.44. The highest BCUT2D eigenvalue weighted by atomic mass is 16.2. The van der Waals surface area contributed by atoms with Crippen LogP contribution < -0.4 is 0 Å². The van der Waals surface area contributed by atoms with Crippen LogP contribution in [0.15, 0.2) is 12.4 Å². The Balaban J connectivity index is 1.69. The third-order valence-electron chi connectivity index (χ3n) is 4.65. The van der Waals surface area contributed by atoms with Gasteiger partial charge in [-0.25, -0.2) is 0 Å². The second-order valence-corrected chi connectivity index (χ2v) is 6.47. The number of amides is 2. The van der Waals surface area contributed by atoms with Gasteiger partial charge >= 0.3 is 0 Å². The summed E-state index contributed by atoms with van der Waals surface area (Å²) in [6, 6.07) is 0. The van der Waals surface area contributed by atoms with Crippen LogP contribution in [0, 0.1) is 5.41 Å². The molecule has 2 heterocycles. The highest BCUT2D eigenvalue weighted by molar-refractivity contribution is 6.07. The van der Waals surface area contributed by atoms with Gasteiger partial charge < -0.3 is 9.80 Å². The molecule has 6 nitrogen and oxygen atoms in total. The van der Waals surface area contributed by atoms with E-state index in [2.05, 4.69) is 5.10 Å². The minimum Gasteiger partial charge on any atom is -0.348 e. The van der Waals surface area contributed by atoms with E-state index < -0.39 is 5.41 Å². The number of nitrogens with zero attached hydrogens (tertiary/aromatic N) is 4. The summed E-state index contributed by atoms with van der Waals surface area (Å²) in [5.74, 6) is 0.317. The van der Waals surface area contributed by atoms with Gasteiger partial charge in [-0.2, -0.15) is 5.10 Å². The zero-order valence-corrected chi connectivity index (χ0v) is 12.9. The van der Waals surface area contributed by atoms with Gasteiger partial charge in [0.1, 0.15) is 5.41 Å². The number of hydrogen-bond acceptors (Lipinski definition) is 3. The SMILES string of the molecule is CN(C)C(=O)C1(C(=O)N2CCC(c3cnn(C)c3)C2)CC1. The molecule has 21 heavy (non-hydrogen) atoms.